The highest BCUT2D eigenvalue weighted by Crippen LogP contribution is 2.55. The summed E-state index contributed by atoms with van der Waals surface area (Å²) in [5.41, 5.74) is 0. The lowest BCUT2D eigenvalue weighted by atomic mass is 9.92. The van der Waals surface area contributed by atoms with E-state index in [9.17, 15) is 4.79 Å². The number of rotatable bonds is 2. The van der Waals surface area contributed by atoms with Crippen molar-refractivity contribution in [2.45, 2.75) is 38.6 Å². The van der Waals surface area contributed by atoms with Gasteiger partial charge in [-0.15, -0.1) is 0 Å². The molecule has 2 saturated carbocycles. The van der Waals surface area contributed by atoms with Crippen molar-refractivity contribution in [1.82, 2.24) is 10.2 Å². The summed E-state index contributed by atoms with van der Waals surface area (Å²) in [6, 6.07) is 0.523. The molecule has 18 heavy (non-hydrogen) atoms. The zero-order valence-corrected chi connectivity index (χ0v) is 11.3. The summed E-state index contributed by atoms with van der Waals surface area (Å²) in [7, 11) is 0. The SMILES string of the molecule is CCC1C2CNCC2CN1C(=O)C1CC2CC2C1. The molecule has 1 amide bonds. The smallest absolute Gasteiger partial charge is 0.225 e. The molecule has 2 aliphatic carbocycles. The first-order valence-electron chi connectivity index (χ1n) is 7.79. The highest BCUT2D eigenvalue weighted by Gasteiger charge is 2.52. The molecule has 0 aromatic heterocycles. The second-order valence-electron chi connectivity index (χ2n) is 6.97. The average molecular weight is 248 g/mol. The quantitative estimate of drug-likeness (QED) is 0.803. The minimum Gasteiger partial charge on any atom is -0.339 e. The summed E-state index contributed by atoms with van der Waals surface area (Å²) >= 11 is 0. The Morgan fingerprint density at radius 1 is 1.17 bits per heavy atom. The lowest BCUT2D eigenvalue weighted by Gasteiger charge is -2.29. The Morgan fingerprint density at radius 3 is 2.67 bits per heavy atom. The number of carbonyl (C=O) groups is 1. The summed E-state index contributed by atoms with van der Waals surface area (Å²) in [6.07, 6.45) is 4.94. The molecule has 5 atom stereocenters. The van der Waals surface area contributed by atoms with Crippen LogP contribution < -0.4 is 5.32 Å². The van der Waals surface area contributed by atoms with Crippen molar-refractivity contribution in [1.29, 1.82) is 0 Å². The molecule has 0 bridgehead atoms. The van der Waals surface area contributed by atoms with E-state index in [2.05, 4.69) is 17.1 Å². The highest BCUT2D eigenvalue weighted by molar-refractivity contribution is 5.80. The van der Waals surface area contributed by atoms with Crippen molar-refractivity contribution in [3.63, 3.8) is 0 Å². The van der Waals surface area contributed by atoms with Crippen LogP contribution in [0.1, 0.15) is 32.6 Å². The van der Waals surface area contributed by atoms with E-state index in [0.717, 1.165) is 49.7 Å². The van der Waals surface area contributed by atoms with E-state index in [1.54, 1.807) is 0 Å². The number of likely N-dealkylation sites (tertiary alicyclic amines) is 1. The van der Waals surface area contributed by atoms with Gasteiger partial charge in [-0.2, -0.15) is 0 Å². The average Bonchev–Trinajstić information content (AvgIpc) is 2.79. The maximum atomic E-state index is 12.7. The normalized spacial score (nSPS) is 49.3. The number of amides is 1. The van der Waals surface area contributed by atoms with Gasteiger partial charge in [0.25, 0.3) is 0 Å². The minimum atomic E-state index is 0.384. The maximum Gasteiger partial charge on any atom is 0.225 e. The van der Waals surface area contributed by atoms with Crippen LogP contribution in [0.4, 0.5) is 0 Å². The summed E-state index contributed by atoms with van der Waals surface area (Å²) in [5.74, 6) is 4.19. The van der Waals surface area contributed by atoms with Crippen molar-refractivity contribution in [3.05, 3.63) is 0 Å². The number of nitrogens with one attached hydrogen (secondary N) is 1. The fourth-order valence-corrected chi connectivity index (χ4v) is 4.95. The lowest BCUT2D eigenvalue weighted by Crippen LogP contribution is -2.42. The fourth-order valence-electron chi connectivity index (χ4n) is 4.95. The van der Waals surface area contributed by atoms with Crippen LogP contribution in [0.5, 0.6) is 0 Å². The van der Waals surface area contributed by atoms with Crippen molar-refractivity contribution in [3.8, 4) is 0 Å². The molecule has 3 nitrogen and oxygen atoms in total. The Bertz CT molecular complexity index is 360. The zero-order chi connectivity index (χ0) is 12.3. The Kier molecular flexibility index (Phi) is 2.48. The van der Waals surface area contributed by atoms with Gasteiger partial charge in [0.15, 0.2) is 0 Å². The Labute approximate surface area is 109 Å². The highest BCUT2D eigenvalue weighted by atomic mass is 16.2. The van der Waals surface area contributed by atoms with Gasteiger partial charge in [0.05, 0.1) is 0 Å². The van der Waals surface area contributed by atoms with E-state index in [1.807, 2.05) is 0 Å². The lowest BCUT2D eigenvalue weighted by molar-refractivity contribution is -0.137. The number of hydrogen-bond acceptors (Lipinski definition) is 2. The van der Waals surface area contributed by atoms with Gasteiger partial charge in [0.1, 0.15) is 0 Å². The Balaban J connectivity index is 1.48. The number of nitrogens with zero attached hydrogens (tertiary/aromatic N) is 1. The third kappa shape index (κ3) is 1.56. The van der Waals surface area contributed by atoms with Crippen molar-refractivity contribution < 1.29 is 4.79 Å². The van der Waals surface area contributed by atoms with Gasteiger partial charge in [-0.1, -0.05) is 6.92 Å². The van der Waals surface area contributed by atoms with E-state index in [-0.39, 0.29) is 0 Å². The monoisotopic (exact) mass is 248 g/mol. The van der Waals surface area contributed by atoms with Gasteiger partial charge in [0, 0.05) is 31.6 Å². The summed E-state index contributed by atoms with van der Waals surface area (Å²) in [5, 5.41) is 3.49. The molecule has 0 spiro atoms. The fraction of sp³-hybridized carbons (Fsp3) is 0.933. The minimum absolute atomic E-state index is 0.384. The summed E-state index contributed by atoms with van der Waals surface area (Å²) in [6.45, 7) is 5.53. The van der Waals surface area contributed by atoms with Crippen LogP contribution in [0.3, 0.4) is 0 Å². The van der Waals surface area contributed by atoms with Gasteiger partial charge in [-0.25, -0.2) is 0 Å². The molecule has 0 radical (unpaired) electrons. The molecule has 4 rings (SSSR count). The van der Waals surface area contributed by atoms with Gasteiger partial charge in [0.2, 0.25) is 5.91 Å². The van der Waals surface area contributed by atoms with Crippen LogP contribution in [0, 0.1) is 29.6 Å². The Hall–Kier alpha value is -0.570. The third-order valence-electron chi connectivity index (χ3n) is 6.01. The first kappa shape index (κ1) is 11.3. The van der Waals surface area contributed by atoms with E-state index in [4.69, 9.17) is 0 Å². The predicted octanol–water partition coefficient (Wildman–Crippen LogP) is 1.49. The summed E-state index contributed by atoms with van der Waals surface area (Å²) in [4.78, 5) is 15.0. The number of hydrogen-bond donors (Lipinski definition) is 1. The third-order valence-corrected chi connectivity index (χ3v) is 6.01. The number of fused-ring (bicyclic) bond motifs is 2. The molecule has 1 N–H and O–H groups in total. The van der Waals surface area contributed by atoms with Crippen LogP contribution in [0.15, 0.2) is 0 Å². The van der Waals surface area contributed by atoms with E-state index in [0.29, 0.717) is 17.9 Å². The van der Waals surface area contributed by atoms with Crippen molar-refractivity contribution >= 4 is 5.91 Å². The number of carbonyl (C=O) groups excluding carboxylic acids is 1. The predicted molar refractivity (Wildman–Crippen MR) is 70.0 cm³/mol. The molecular weight excluding hydrogens is 224 g/mol. The van der Waals surface area contributed by atoms with Crippen LogP contribution >= 0.6 is 0 Å². The van der Waals surface area contributed by atoms with Gasteiger partial charge in [-0.3, -0.25) is 4.79 Å². The molecule has 0 aromatic carbocycles. The summed E-state index contributed by atoms with van der Waals surface area (Å²) < 4.78 is 0. The van der Waals surface area contributed by atoms with Gasteiger partial charge < -0.3 is 10.2 Å². The van der Waals surface area contributed by atoms with Crippen LogP contribution in [-0.4, -0.2) is 36.5 Å². The molecular formula is C15H24N2O. The first-order chi connectivity index (χ1) is 8.78. The molecule has 2 aliphatic heterocycles. The topological polar surface area (TPSA) is 32.3 Å². The second kappa shape index (κ2) is 3.96. The van der Waals surface area contributed by atoms with Crippen molar-refractivity contribution in [2.75, 3.05) is 19.6 Å². The molecule has 4 aliphatic rings. The zero-order valence-electron chi connectivity index (χ0n) is 11.3. The van der Waals surface area contributed by atoms with Crippen LogP contribution in [0.25, 0.3) is 0 Å². The van der Waals surface area contributed by atoms with Crippen LogP contribution in [0.2, 0.25) is 0 Å². The van der Waals surface area contributed by atoms with E-state index >= 15 is 0 Å². The maximum absolute atomic E-state index is 12.7. The molecule has 2 heterocycles. The largest absolute Gasteiger partial charge is 0.339 e. The van der Waals surface area contributed by atoms with Gasteiger partial charge >= 0.3 is 0 Å². The van der Waals surface area contributed by atoms with E-state index < -0.39 is 0 Å². The molecule has 100 valence electrons. The first-order valence-corrected chi connectivity index (χ1v) is 7.79. The molecule has 3 heteroatoms. The van der Waals surface area contributed by atoms with E-state index in [1.165, 1.54) is 19.3 Å². The standard InChI is InChI=1S/C15H24N2O/c1-2-14-13-7-16-6-12(13)8-17(14)15(18)11-4-9-3-10(9)5-11/h9-14,16H,2-8H2,1H3. The Morgan fingerprint density at radius 2 is 1.94 bits per heavy atom. The molecule has 0 aromatic rings. The molecule has 4 fully saturated rings. The molecule has 5 unspecified atom stereocenters. The van der Waals surface area contributed by atoms with Crippen LogP contribution in [-0.2, 0) is 4.79 Å². The second-order valence-corrected chi connectivity index (χ2v) is 6.97. The molecule has 2 saturated heterocycles. The van der Waals surface area contributed by atoms with Crippen molar-refractivity contribution in [2.24, 2.45) is 29.6 Å². The van der Waals surface area contributed by atoms with Gasteiger partial charge in [-0.05, 0) is 49.4 Å².